The zero-order chi connectivity index (χ0) is 11.2. The summed E-state index contributed by atoms with van der Waals surface area (Å²) < 4.78 is 2.48. The zero-order valence-corrected chi connectivity index (χ0v) is 10.3. The SMILES string of the molecule is c1ccc2c(c1)c1ccccc1n2CC1CS1. The lowest BCUT2D eigenvalue weighted by molar-refractivity contribution is 0.777. The Labute approximate surface area is 104 Å². The number of fused-ring (bicyclic) bond motifs is 3. The quantitative estimate of drug-likeness (QED) is 0.614. The zero-order valence-electron chi connectivity index (χ0n) is 9.47. The van der Waals surface area contributed by atoms with Gasteiger partial charge in [-0.1, -0.05) is 36.4 Å². The van der Waals surface area contributed by atoms with Crippen molar-refractivity contribution in [1.82, 2.24) is 4.57 Å². The molecule has 2 aromatic carbocycles. The first kappa shape index (κ1) is 9.60. The van der Waals surface area contributed by atoms with Crippen LogP contribution in [0.25, 0.3) is 21.8 Å². The minimum absolute atomic E-state index is 0.828. The summed E-state index contributed by atoms with van der Waals surface area (Å²) in [6.45, 7) is 1.15. The van der Waals surface area contributed by atoms with E-state index in [0.29, 0.717) is 0 Å². The summed E-state index contributed by atoms with van der Waals surface area (Å²) in [4.78, 5) is 0. The van der Waals surface area contributed by atoms with Crippen LogP contribution >= 0.6 is 11.8 Å². The van der Waals surface area contributed by atoms with Crippen molar-refractivity contribution in [2.24, 2.45) is 0 Å². The van der Waals surface area contributed by atoms with E-state index in [1.165, 1.54) is 27.6 Å². The van der Waals surface area contributed by atoms with Gasteiger partial charge in [-0.3, -0.25) is 0 Å². The Hall–Kier alpha value is -1.41. The third kappa shape index (κ3) is 1.48. The Balaban J connectivity index is 2.10. The maximum atomic E-state index is 2.48. The summed E-state index contributed by atoms with van der Waals surface area (Å²) in [6.07, 6.45) is 0. The average molecular weight is 239 g/mol. The molecule has 0 aliphatic carbocycles. The van der Waals surface area contributed by atoms with Crippen molar-refractivity contribution in [3.63, 3.8) is 0 Å². The standard InChI is InChI=1S/C15H13NS/c1-3-7-14-12(5-1)13-6-2-4-8-15(13)16(14)9-11-10-17-11/h1-8,11H,9-10H2. The molecular formula is C15H13NS. The summed E-state index contributed by atoms with van der Waals surface area (Å²) in [7, 11) is 0. The van der Waals surface area contributed by atoms with Gasteiger partial charge in [-0.05, 0) is 12.1 Å². The van der Waals surface area contributed by atoms with Crippen LogP contribution in [0.5, 0.6) is 0 Å². The van der Waals surface area contributed by atoms with Gasteiger partial charge >= 0.3 is 0 Å². The molecule has 4 rings (SSSR count). The Morgan fingerprint density at radius 1 is 0.941 bits per heavy atom. The summed E-state index contributed by atoms with van der Waals surface area (Å²) >= 11 is 2.06. The monoisotopic (exact) mass is 239 g/mol. The molecule has 17 heavy (non-hydrogen) atoms. The van der Waals surface area contributed by atoms with E-state index in [4.69, 9.17) is 0 Å². The molecule has 1 aliphatic heterocycles. The van der Waals surface area contributed by atoms with E-state index in [-0.39, 0.29) is 0 Å². The van der Waals surface area contributed by atoms with Crippen molar-refractivity contribution in [2.45, 2.75) is 11.8 Å². The molecule has 0 amide bonds. The molecule has 1 fully saturated rings. The van der Waals surface area contributed by atoms with Gasteiger partial charge in [-0.2, -0.15) is 11.8 Å². The number of thioether (sulfide) groups is 1. The molecule has 1 atom stereocenters. The maximum Gasteiger partial charge on any atom is 0.0491 e. The number of hydrogen-bond acceptors (Lipinski definition) is 1. The van der Waals surface area contributed by atoms with Crippen LogP contribution < -0.4 is 0 Å². The Bertz CT molecular complexity index is 641. The van der Waals surface area contributed by atoms with Crippen LogP contribution in [0.1, 0.15) is 0 Å². The molecule has 0 N–H and O–H groups in total. The topological polar surface area (TPSA) is 4.93 Å². The maximum absolute atomic E-state index is 2.48. The minimum atomic E-state index is 0.828. The third-order valence-corrected chi connectivity index (χ3v) is 4.42. The minimum Gasteiger partial charge on any atom is -0.339 e. The Kier molecular flexibility index (Phi) is 2.00. The van der Waals surface area contributed by atoms with Crippen LogP contribution in [0.3, 0.4) is 0 Å². The van der Waals surface area contributed by atoms with Crippen molar-refractivity contribution in [3.8, 4) is 0 Å². The molecule has 1 aromatic heterocycles. The van der Waals surface area contributed by atoms with Crippen LogP contribution in [-0.4, -0.2) is 15.6 Å². The van der Waals surface area contributed by atoms with Crippen molar-refractivity contribution in [2.75, 3.05) is 5.75 Å². The van der Waals surface area contributed by atoms with Crippen LogP contribution in [0.2, 0.25) is 0 Å². The van der Waals surface area contributed by atoms with E-state index >= 15 is 0 Å². The molecule has 0 spiro atoms. The molecule has 1 nitrogen and oxygen atoms in total. The highest BCUT2D eigenvalue weighted by Crippen LogP contribution is 2.35. The van der Waals surface area contributed by atoms with Gasteiger partial charge in [0.1, 0.15) is 0 Å². The van der Waals surface area contributed by atoms with Crippen molar-refractivity contribution >= 4 is 33.6 Å². The molecular weight excluding hydrogens is 226 g/mol. The lowest BCUT2D eigenvalue weighted by Crippen LogP contribution is -2.02. The summed E-state index contributed by atoms with van der Waals surface area (Å²) in [5.41, 5.74) is 2.75. The number of nitrogens with zero attached hydrogens (tertiary/aromatic N) is 1. The number of rotatable bonds is 2. The van der Waals surface area contributed by atoms with Gasteiger partial charge in [0, 0.05) is 39.4 Å². The van der Waals surface area contributed by atoms with E-state index in [0.717, 1.165) is 11.8 Å². The van der Waals surface area contributed by atoms with Crippen LogP contribution in [0.15, 0.2) is 48.5 Å². The van der Waals surface area contributed by atoms with Gasteiger partial charge in [0.15, 0.2) is 0 Å². The second kappa shape index (κ2) is 3.54. The number of aromatic nitrogens is 1. The lowest BCUT2D eigenvalue weighted by atomic mass is 10.2. The van der Waals surface area contributed by atoms with Crippen molar-refractivity contribution < 1.29 is 0 Å². The summed E-state index contributed by atoms with van der Waals surface area (Å²) in [5, 5.41) is 3.59. The fraction of sp³-hybridized carbons (Fsp3) is 0.200. The number of hydrogen-bond donors (Lipinski definition) is 0. The molecule has 1 saturated heterocycles. The van der Waals surface area contributed by atoms with Gasteiger partial charge in [0.05, 0.1) is 0 Å². The van der Waals surface area contributed by atoms with E-state index in [1.54, 1.807) is 0 Å². The second-order valence-corrected chi connectivity index (χ2v) is 5.93. The summed E-state index contributed by atoms with van der Waals surface area (Å²) in [5.74, 6) is 1.32. The first-order valence-corrected chi connectivity index (χ1v) is 7.06. The molecule has 1 aliphatic rings. The van der Waals surface area contributed by atoms with E-state index in [2.05, 4.69) is 64.9 Å². The van der Waals surface area contributed by atoms with E-state index < -0.39 is 0 Å². The van der Waals surface area contributed by atoms with Gasteiger partial charge < -0.3 is 4.57 Å². The first-order valence-electron chi connectivity index (χ1n) is 6.01. The van der Waals surface area contributed by atoms with Crippen LogP contribution in [0.4, 0.5) is 0 Å². The molecule has 2 heterocycles. The van der Waals surface area contributed by atoms with Crippen molar-refractivity contribution in [1.29, 1.82) is 0 Å². The van der Waals surface area contributed by atoms with Crippen LogP contribution in [-0.2, 0) is 6.54 Å². The fourth-order valence-electron chi connectivity index (χ4n) is 2.58. The summed E-state index contributed by atoms with van der Waals surface area (Å²) in [6, 6.07) is 17.5. The lowest BCUT2D eigenvalue weighted by Gasteiger charge is -2.04. The van der Waals surface area contributed by atoms with Gasteiger partial charge in [-0.25, -0.2) is 0 Å². The predicted molar refractivity (Wildman–Crippen MR) is 75.7 cm³/mol. The van der Waals surface area contributed by atoms with E-state index in [9.17, 15) is 0 Å². The molecule has 2 heteroatoms. The highest BCUT2D eigenvalue weighted by atomic mass is 32.2. The number of para-hydroxylation sites is 2. The molecule has 84 valence electrons. The second-order valence-electron chi connectivity index (χ2n) is 4.60. The van der Waals surface area contributed by atoms with Gasteiger partial charge in [0.25, 0.3) is 0 Å². The average Bonchev–Trinajstić information content (AvgIpc) is 3.15. The largest absolute Gasteiger partial charge is 0.339 e. The molecule has 0 bridgehead atoms. The van der Waals surface area contributed by atoms with Gasteiger partial charge in [-0.15, -0.1) is 0 Å². The first-order chi connectivity index (χ1) is 8.43. The predicted octanol–water partition coefficient (Wildman–Crippen LogP) is 3.91. The van der Waals surface area contributed by atoms with E-state index in [1.807, 2.05) is 0 Å². The number of benzene rings is 2. The highest BCUT2D eigenvalue weighted by Gasteiger charge is 2.24. The third-order valence-electron chi connectivity index (χ3n) is 3.47. The Morgan fingerprint density at radius 2 is 1.47 bits per heavy atom. The molecule has 3 aromatic rings. The highest BCUT2D eigenvalue weighted by molar-refractivity contribution is 8.06. The van der Waals surface area contributed by atoms with Gasteiger partial charge in [0.2, 0.25) is 0 Å². The smallest absolute Gasteiger partial charge is 0.0491 e. The van der Waals surface area contributed by atoms with Crippen molar-refractivity contribution in [3.05, 3.63) is 48.5 Å². The molecule has 1 unspecified atom stereocenters. The molecule has 0 saturated carbocycles. The molecule has 0 radical (unpaired) electrons. The van der Waals surface area contributed by atoms with Crippen LogP contribution in [0, 0.1) is 0 Å². The Morgan fingerprint density at radius 3 is 2.00 bits per heavy atom. The normalized spacial score (nSPS) is 18.9. The fourth-order valence-corrected chi connectivity index (χ4v) is 3.07.